The minimum Gasteiger partial charge on any atom is -0.469 e. The number of rotatable bonds is 4. The SMILES string of the molecule is COC(=O)C12CCC(NC(=O)CNC(=O)OC(C)(C)C)(CC1)CC2. The number of hydrogen-bond acceptors (Lipinski definition) is 5. The quantitative estimate of drug-likeness (QED) is 0.762. The summed E-state index contributed by atoms with van der Waals surface area (Å²) < 4.78 is 10.0. The first-order valence-electron chi connectivity index (χ1n) is 8.46. The number of carbonyl (C=O) groups excluding carboxylic acids is 3. The normalized spacial score (nSPS) is 28.8. The molecule has 0 heterocycles. The van der Waals surface area contributed by atoms with Gasteiger partial charge in [0.25, 0.3) is 0 Å². The van der Waals surface area contributed by atoms with Crippen LogP contribution in [0.15, 0.2) is 0 Å². The van der Waals surface area contributed by atoms with Crippen LogP contribution >= 0.6 is 0 Å². The molecule has 3 fully saturated rings. The first-order valence-corrected chi connectivity index (χ1v) is 8.46. The summed E-state index contributed by atoms with van der Waals surface area (Å²) in [7, 11) is 1.43. The van der Waals surface area contributed by atoms with E-state index in [0.29, 0.717) is 0 Å². The molecule has 0 saturated heterocycles. The summed E-state index contributed by atoms with van der Waals surface area (Å²) in [5, 5.41) is 5.52. The predicted octanol–water partition coefficient (Wildman–Crippen LogP) is 1.89. The number of amides is 2. The Morgan fingerprint density at radius 1 is 1.00 bits per heavy atom. The average Bonchev–Trinajstić information content (AvgIpc) is 2.52. The van der Waals surface area contributed by atoms with Gasteiger partial charge in [-0.05, 0) is 59.3 Å². The third-order valence-electron chi connectivity index (χ3n) is 5.06. The van der Waals surface area contributed by atoms with E-state index in [1.807, 2.05) is 0 Å². The van der Waals surface area contributed by atoms with E-state index in [4.69, 9.17) is 9.47 Å². The number of fused-ring (bicyclic) bond motifs is 3. The van der Waals surface area contributed by atoms with E-state index in [-0.39, 0.29) is 29.4 Å². The molecule has 24 heavy (non-hydrogen) atoms. The molecule has 2 amide bonds. The molecule has 136 valence electrons. The Morgan fingerprint density at radius 3 is 2.00 bits per heavy atom. The van der Waals surface area contributed by atoms with Gasteiger partial charge in [0.15, 0.2) is 0 Å². The maximum Gasteiger partial charge on any atom is 0.408 e. The number of methoxy groups -OCH3 is 1. The first kappa shape index (κ1) is 18.5. The molecule has 0 spiro atoms. The van der Waals surface area contributed by atoms with Crippen LogP contribution in [0.5, 0.6) is 0 Å². The number of nitrogens with one attached hydrogen (secondary N) is 2. The summed E-state index contributed by atoms with van der Waals surface area (Å²) in [4.78, 5) is 35.7. The fourth-order valence-electron chi connectivity index (χ4n) is 3.70. The van der Waals surface area contributed by atoms with Gasteiger partial charge in [0.2, 0.25) is 5.91 Å². The zero-order chi connectivity index (χ0) is 18.0. The zero-order valence-corrected chi connectivity index (χ0v) is 15.0. The van der Waals surface area contributed by atoms with Gasteiger partial charge in [0, 0.05) is 5.54 Å². The van der Waals surface area contributed by atoms with E-state index in [2.05, 4.69) is 10.6 Å². The summed E-state index contributed by atoms with van der Waals surface area (Å²) in [6, 6.07) is 0. The lowest BCUT2D eigenvalue weighted by Gasteiger charge is -2.52. The van der Waals surface area contributed by atoms with E-state index >= 15 is 0 Å². The summed E-state index contributed by atoms with van der Waals surface area (Å²) in [6.45, 7) is 5.19. The van der Waals surface area contributed by atoms with Crippen LogP contribution in [0.2, 0.25) is 0 Å². The summed E-state index contributed by atoms with van der Waals surface area (Å²) in [5.74, 6) is -0.359. The van der Waals surface area contributed by atoms with E-state index in [0.717, 1.165) is 38.5 Å². The number of hydrogen-bond donors (Lipinski definition) is 2. The summed E-state index contributed by atoms with van der Waals surface area (Å²) >= 11 is 0. The van der Waals surface area contributed by atoms with Crippen LogP contribution < -0.4 is 10.6 Å². The number of esters is 1. The summed E-state index contributed by atoms with van der Waals surface area (Å²) in [5.41, 5.74) is -1.22. The molecule has 2 bridgehead atoms. The first-order chi connectivity index (χ1) is 11.1. The summed E-state index contributed by atoms with van der Waals surface area (Å²) in [6.07, 6.45) is 3.89. The topological polar surface area (TPSA) is 93.7 Å². The second-order valence-corrected chi connectivity index (χ2v) is 7.96. The van der Waals surface area contributed by atoms with E-state index in [9.17, 15) is 14.4 Å². The fraction of sp³-hybridized carbons (Fsp3) is 0.824. The van der Waals surface area contributed by atoms with Crippen LogP contribution in [-0.4, -0.2) is 42.8 Å². The minimum atomic E-state index is -0.604. The lowest BCUT2D eigenvalue weighted by atomic mass is 9.57. The molecule has 7 nitrogen and oxygen atoms in total. The van der Waals surface area contributed by atoms with Crippen LogP contribution in [0.3, 0.4) is 0 Å². The molecule has 7 heteroatoms. The van der Waals surface area contributed by atoms with Crippen molar-refractivity contribution in [3.8, 4) is 0 Å². The Kier molecular flexibility index (Phi) is 5.11. The molecular formula is C17H28N2O5. The molecule has 0 atom stereocenters. The van der Waals surface area contributed by atoms with Crippen molar-refractivity contribution < 1.29 is 23.9 Å². The molecule has 0 aliphatic heterocycles. The molecule has 0 aromatic heterocycles. The lowest BCUT2D eigenvalue weighted by Crippen LogP contribution is -2.59. The third kappa shape index (κ3) is 4.19. The van der Waals surface area contributed by atoms with Gasteiger partial charge >= 0.3 is 12.1 Å². The number of carbonyl (C=O) groups is 3. The Morgan fingerprint density at radius 2 is 1.54 bits per heavy atom. The van der Waals surface area contributed by atoms with Crippen molar-refractivity contribution in [1.29, 1.82) is 0 Å². The molecule has 3 saturated carbocycles. The van der Waals surface area contributed by atoms with Gasteiger partial charge in [0.05, 0.1) is 12.5 Å². The molecular weight excluding hydrogens is 312 g/mol. The molecule has 0 aromatic carbocycles. The average molecular weight is 340 g/mol. The van der Waals surface area contributed by atoms with Crippen LogP contribution in [0.1, 0.15) is 59.3 Å². The van der Waals surface area contributed by atoms with E-state index in [1.54, 1.807) is 20.8 Å². The number of alkyl carbamates (subject to hydrolysis) is 1. The Balaban J connectivity index is 1.82. The molecule has 3 rings (SSSR count). The fourth-order valence-corrected chi connectivity index (χ4v) is 3.70. The zero-order valence-electron chi connectivity index (χ0n) is 15.0. The van der Waals surface area contributed by atoms with Crippen molar-refractivity contribution in [1.82, 2.24) is 10.6 Å². The van der Waals surface area contributed by atoms with Crippen molar-refractivity contribution >= 4 is 18.0 Å². The Bertz CT molecular complexity index is 499. The largest absolute Gasteiger partial charge is 0.469 e. The van der Waals surface area contributed by atoms with Crippen molar-refractivity contribution in [3.05, 3.63) is 0 Å². The van der Waals surface area contributed by atoms with E-state index in [1.165, 1.54) is 7.11 Å². The van der Waals surface area contributed by atoms with Crippen molar-refractivity contribution in [2.24, 2.45) is 5.41 Å². The van der Waals surface area contributed by atoms with Crippen LogP contribution in [-0.2, 0) is 19.1 Å². The molecule has 3 aliphatic rings. The molecule has 0 radical (unpaired) electrons. The van der Waals surface area contributed by atoms with Crippen LogP contribution in [0.25, 0.3) is 0 Å². The van der Waals surface area contributed by atoms with Gasteiger partial charge < -0.3 is 20.1 Å². The highest BCUT2D eigenvalue weighted by Gasteiger charge is 2.53. The second kappa shape index (κ2) is 6.61. The third-order valence-corrected chi connectivity index (χ3v) is 5.06. The van der Waals surface area contributed by atoms with Crippen LogP contribution in [0, 0.1) is 5.41 Å². The highest BCUT2D eigenvalue weighted by molar-refractivity contribution is 5.83. The Labute approximate surface area is 142 Å². The maximum absolute atomic E-state index is 12.2. The van der Waals surface area contributed by atoms with Gasteiger partial charge in [0.1, 0.15) is 12.1 Å². The lowest BCUT2D eigenvalue weighted by molar-refractivity contribution is -0.160. The molecule has 0 aromatic rings. The van der Waals surface area contributed by atoms with Gasteiger partial charge in [-0.25, -0.2) is 4.79 Å². The number of ether oxygens (including phenoxy) is 2. The monoisotopic (exact) mass is 340 g/mol. The second-order valence-electron chi connectivity index (χ2n) is 7.96. The maximum atomic E-state index is 12.2. The molecule has 0 unspecified atom stereocenters. The van der Waals surface area contributed by atoms with Gasteiger partial charge in [-0.15, -0.1) is 0 Å². The van der Waals surface area contributed by atoms with Gasteiger partial charge in [-0.3, -0.25) is 9.59 Å². The Hall–Kier alpha value is -1.79. The van der Waals surface area contributed by atoms with E-state index < -0.39 is 11.7 Å². The highest BCUT2D eigenvalue weighted by Crippen LogP contribution is 2.52. The predicted molar refractivity (Wildman–Crippen MR) is 87.3 cm³/mol. The van der Waals surface area contributed by atoms with Crippen molar-refractivity contribution in [2.75, 3.05) is 13.7 Å². The van der Waals surface area contributed by atoms with Crippen LogP contribution in [0.4, 0.5) is 4.79 Å². The minimum absolute atomic E-state index is 0.112. The van der Waals surface area contributed by atoms with Gasteiger partial charge in [-0.1, -0.05) is 0 Å². The molecule has 3 aliphatic carbocycles. The highest BCUT2D eigenvalue weighted by atomic mass is 16.6. The smallest absolute Gasteiger partial charge is 0.408 e. The van der Waals surface area contributed by atoms with Crippen molar-refractivity contribution in [2.45, 2.75) is 70.4 Å². The molecule has 2 N–H and O–H groups in total. The van der Waals surface area contributed by atoms with Crippen molar-refractivity contribution in [3.63, 3.8) is 0 Å². The standard InChI is InChI=1S/C17H28N2O5/c1-15(2,3)24-14(22)18-11-12(20)19-17-8-5-16(6-9-17,7-10-17)13(21)23-4/h5-11H2,1-4H3,(H,18,22)(H,19,20). The van der Waals surface area contributed by atoms with Gasteiger partial charge in [-0.2, -0.15) is 0 Å².